The molecule has 0 aliphatic carbocycles. The fraction of sp³-hybridized carbons (Fsp3) is 0.560. The zero-order valence-corrected chi connectivity index (χ0v) is 40.7. The summed E-state index contributed by atoms with van der Waals surface area (Å²) >= 11 is 1.44. The molecule has 2 aromatic carbocycles. The summed E-state index contributed by atoms with van der Waals surface area (Å²) in [5, 5.41) is 0. The second kappa shape index (κ2) is 27.9. The summed E-state index contributed by atoms with van der Waals surface area (Å²) in [6, 6.07) is 12.4. The number of amides is 3. The van der Waals surface area contributed by atoms with Gasteiger partial charge < -0.3 is 33.2 Å². The van der Waals surface area contributed by atoms with Crippen molar-refractivity contribution in [2.24, 2.45) is 5.41 Å². The number of benzene rings is 2. The van der Waals surface area contributed by atoms with Gasteiger partial charge in [-0.25, -0.2) is 13.8 Å². The number of halogens is 2. The van der Waals surface area contributed by atoms with Gasteiger partial charge in [0.1, 0.15) is 28.8 Å². The highest BCUT2D eigenvalue weighted by molar-refractivity contribution is 7.99. The molecule has 0 fully saturated rings. The molecule has 1 atom stereocenters. The minimum Gasteiger partial charge on any atom is -0.460 e. The van der Waals surface area contributed by atoms with Gasteiger partial charge in [0.05, 0.1) is 70.3 Å². The molecule has 14 nitrogen and oxygen atoms in total. The fourth-order valence-electron chi connectivity index (χ4n) is 7.23. The van der Waals surface area contributed by atoms with E-state index in [0.717, 1.165) is 28.7 Å². The van der Waals surface area contributed by atoms with Crippen LogP contribution < -0.4 is 0 Å². The number of ether oxygens (including phenoxy) is 5. The predicted molar refractivity (Wildman–Crippen MR) is 252 cm³/mol. The van der Waals surface area contributed by atoms with E-state index in [1.54, 1.807) is 6.20 Å². The van der Waals surface area contributed by atoms with Crippen molar-refractivity contribution < 1.29 is 56.4 Å². The molecule has 0 N–H and O–H groups in total. The Labute approximate surface area is 398 Å². The Morgan fingerprint density at radius 3 is 2.01 bits per heavy atom. The molecule has 368 valence electrons. The first-order chi connectivity index (χ1) is 31.9. The van der Waals surface area contributed by atoms with Gasteiger partial charge in [-0.05, 0) is 69.2 Å². The quantitative estimate of drug-likeness (QED) is 0.0352. The van der Waals surface area contributed by atoms with Crippen LogP contribution >= 0.6 is 11.8 Å². The number of ketones is 1. The normalized spacial score (nSPS) is 13.4. The molecular weight excluding hydrogens is 887 g/mol. The third kappa shape index (κ3) is 19.7. The molecule has 1 aromatic heterocycles. The van der Waals surface area contributed by atoms with Crippen molar-refractivity contribution in [2.75, 3.05) is 77.5 Å². The molecule has 17 heteroatoms. The van der Waals surface area contributed by atoms with E-state index >= 15 is 4.39 Å². The zero-order chi connectivity index (χ0) is 48.8. The maximum absolute atomic E-state index is 15.2. The van der Waals surface area contributed by atoms with Crippen LogP contribution in [0.25, 0.3) is 11.3 Å². The standard InChI is InChI=1S/C50H68F2N4O10S/c1-49(2,3)47(48-53-42(40-33-38(51)17-18-41(40)52)35-54(48)34-37-13-8-7-9-14-37)56(22-11-10-16-46(61)66-50(4,5)6)45(60)36-67-32-31-65-30-29-64-28-27-63-26-25-62-24-21-39(57)15-12-23-55-43(58)19-20-44(55)59/h7-9,13-14,17-20,33,35,47H,10-12,15-16,21-32,34,36H2,1-6H3. The Balaban J connectivity index is 1.24. The zero-order valence-electron chi connectivity index (χ0n) is 39.9. The number of rotatable bonds is 31. The average molecular weight is 955 g/mol. The minimum absolute atomic E-state index is 0.00576. The second-order valence-corrected chi connectivity index (χ2v) is 19.3. The Morgan fingerprint density at radius 1 is 0.761 bits per heavy atom. The summed E-state index contributed by atoms with van der Waals surface area (Å²) in [5.41, 5.74) is 0.0790. The van der Waals surface area contributed by atoms with Crippen LogP contribution in [0.3, 0.4) is 0 Å². The third-order valence-electron chi connectivity index (χ3n) is 10.3. The summed E-state index contributed by atoms with van der Waals surface area (Å²) in [6.45, 7) is 15.3. The van der Waals surface area contributed by atoms with Gasteiger partial charge in [-0.3, -0.25) is 28.9 Å². The molecule has 1 aliphatic rings. The van der Waals surface area contributed by atoms with Gasteiger partial charge in [-0.2, -0.15) is 0 Å². The number of thioether (sulfide) groups is 1. The molecular formula is C50H68F2N4O10S. The first kappa shape index (κ1) is 54.8. The monoisotopic (exact) mass is 954 g/mol. The molecule has 1 unspecified atom stereocenters. The SMILES string of the molecule is CC(C)(C)OC(=O)CCCCN(C(=O)CSCCOCCOCCOCCOCCC(=O)CCCN1C(=O)C=CC1=O)C(c1nc(-c2cc(F)ccc2F)cn1Cc1ccccc1)C(C)(C)C. The van der Waals surface area contributed by atoms with E-state index in [0.29, 0.717) is 90.2 Å². The number of nitrogens with zero attached hydrogens (tertiary/aromatic N) is 4. The predicted octanol–water partition coefficient (Wildman–Crippen LogP) is 7.77. The van der Waals surface area contributed by atoms with E-state index in [4.69, 9.17) is 28.7 Å². The van der Waals surface area contributed by atoms with Crippen molar-refractivity contribution in [3.63, 3.8) is 0 Å². The highest BCUT2D eigenvalue weighted by Gasteiger charge is 2.38. The Morgan fingerprint density at radius 2 is 1.39 bits per heavy atom. The molecule has 0 saturated heterocycles. The lowest BCUT2D eigenvalue weighted by atomic mass is 9.84. The first-order valence-corrected chi connectivity index (χ1v) is 24.1. The number of unbranched alkanes of at least 4 members (excludes halogenated alkanes) is 1. The Bertz CT molecular complexity index is 2070. The highest BCUT2D eigenvalue weighted by Crippen LogP contribution is 2.40. The van der Waals surface area contributed by atoms with E-state index in [2.05, 4.69) is 0 Å². The number of carbonyl (C=O) groups is 5. The van der Waals surface area contributed by atoms with E-state index in [1.807, 2.05) is 81.3 Å². The van der Waals surface area contributed by atoms with Crippen LogP contribution in [0.2, 0.25) is 0 Å². The van der Waals surface area contributed by atoms with E-state index in [1.165, 1.54) is 23.9 Å². The van der Waals surface area contributed by atoms with E-state index in [9.17, 15) is 28.4 Å². The summed E-state index contributed by atoms with van der Waals surface area (Å²) in [7, 11) is 0. The maximum atomic E-state index is 15.2. The third-order valence-corrected chi connectivity index (χ3v) is 11.2. The topological polar surface area (TPSA) is 156 Å². The van der Waals surface area contributed by atoms with Crippen molar-refractivity contribution in [1.82, 2.24) is 19.4 Å². The largest absolute Gasteiger partial charge is 0.460 e. The molecule has 0 bridgehead atoms. The van der Waals surface area contributed by atoms with Gasteiger partial charge in [0.25, 0.3) is 11.8 Å². The highest BCUT2D eigenvalue weighted by atomic mass is 32.2. The van der Waals surface area contributed by atoms with Crippen LogP contribution in [0.4, 0.5) is 8.78 Å². The maximum Gasteiger partial charge on any atom is 0.306 e. The Kier molecular flexibility index (Phi) is 22.8. The summed E-state index contributed by atoms with van der Waals surface area (Å²) in [6.07, 6.45) is 6.33. The number of Topliss-reactive ketones (excluding diaryl/α,β-unsaturated/α-hetero) is 1. The summed E-state index contributed by atoms with van der Waals surface area (Å²) < 4.78 is 59.5. The van der Waals surface area contributed by atoms with Gasteiger partial charge in [0, 0.05) is 68.6 Å². The molecule has 3 amide bonds. The van der Waals surface area contributed by atoms with Crippen molar-refractivity contribution in [1.29, 1.82) is 0 Å². The smallest absolute Gasteiger partial charge is 0.306 e. The fourth-order valence-corrected chi connectivity index (χ4v) is 7.95. The number of esters is 1. The number of hydrogen-bond donors (Lipinski definition) is 0. The van der Waals surface area contributed by atoms with Crippen LogP contribution in [0.1, 0.15) is 97.5 Å². The minimum atomic E-state index is -0.609. The first-order valence-electron chi connectivity index (χ1n) is 22.9. The molecule has 1 aliphatic heterocycles. The van der Waals surface area contributed by atoms with Crippen molar-refractivity contribution in [2.45, 2.75) is 98.3 Å². The van der Waals surface area contributed by atoms with Gasteiger partial charge in [0.15, 0.2) is 0 Å². The molecule has 0 saturated carbocycles. The molecule has 0 radical (unpaired) electrons. The van der Waals surface area contributed by atoms with Crippen molar-refractivity contribution >= 4 is 41.2 Å². The lowest BCUT2D eigenvalue weighted by Crippen LogP contribution is -2.44. The second-order valence-electron chi connectivity index (χ2n) is 18.2. The number of hydrogen-bond acceptors (Lipinski definition) is 12. The van der Waals surface area contributed by atoms with Crippen LogP contribution in [0.5, 0.6) is 0 Å². The molecule has 4 rings (SSSR count). The van der Waals surface area contributed by atoms with Crippen molar-refractivity contribution in [3.8, 4) is 11.3 Å². The lowest BCUT2D eigenvalue weighted by molar-refractivity contribution is -0.155. The number of carbonyl (C=O) groups excluding carboxylic acids is 5. The van der Waals surface area contributed by atoms with Crippen LogP contribution in [-0.4, -0.2) is 132 Å². The molecule has 3 aromatic rings. The number of aromatic nitrogens is 2. The Hall–Kier alpha value is -4.81. The van der Waals surface area contributed by atoms with Crippen molar-refractivity contribution in [3.05, 3.63) is 89.9 Å². The summed E-state index contributed by atoms with van der Waals surface area (Å²) in [5.74, 6) is -1.08. The lowest BCUT2D eigenvalue weighted by Gasteiger charge is -2.40. The number of imidazole rings is 1. The van der Waals surface area contributed by atoms with Gasteiger partial charge in [-0.15, -0.1) is 11.8 Å². The van der Waals surface area contributed by atoms with Crippen LogP contribution in [0.15, 0.2) is 66.9 Å². The van der Waals surface area contributed by atoms with Gasteiger partial charge in [-0.1, -0.05) is 51.1 Å². The van der Waals surface area contributed by atoms with Crippen LogP contribution in [-0.2, 0) is 54.2 Å². The van der Waals surface area contributed by atoms with E-state index < -0.39 is 28.7 Å². The molecule has 2 heterocycles. The number of imide groups is 1. The van der Waals surface area contributed by atoms with Gasteiger partial charge in [0.2, 0.25) is 5.91 Å². The summed E-state index contributed by atoms with van der Waals surface area (Å²) in [4.78, 5) is 70.1. The molecule has 0 spiro atoms. The average Bonchev–Trinajstić information content (AvgIpc) is 3.81. The van der Waals surface area contributed by atoms with Crippen LogP contribution in [0, 0.1) is 17.0 Å². The molecule has 67 heavy (non-hydrogen) atoms. The van der Waals surface area contributed by atoms with E-state index in [-0.39, 0.29) is 78.9 Å². The van der Waals surface area contributed by atoms with Gasteiger partial charge >= 0.3 is 5.97 Å².